The monoisotopic (exact) mass is 330 g/mol. The molecule has 0 radical (unpaired) electrons. The summed E-state index contributed by atoms with van der Waals surface area (Å²) in [6, 6.07) is 0. The van der Waals surface area contributed by atoms with Crippen LogP contribution in [0, 0.1) is 0 Å². The molecule has 22 heavy (non-hydrogen) atoms. The molecule has 0 saturated heterocycles. The Bertz CT molecular complexity index is 244. The number of carboxylic acids is 1. The fraction of sp³-hybridized carbons (Fsp3) is 0.947. The van der Waals surface area contributed by atoms with Crippen molar-refractivity contribution in [1.29, 1.82) is 0 Å². The van der Waals surface area contributed by atoms with Crippen molar-refractivity contribution in [3.05, 3.63) is 0 Å². The van der Waals surface area contributed by atoms with E-state index in [2.05, 4.69) is 13.2 Å². The van der Waals surface area contributed by atoms with Crippen LogP contribution in [0.3, 0.4) is 0 Å². The van der Waals surface area contributed by atoms with Crippen LogP contribution >= 0.6 is 0 Å². The van der Waals surface area contributed by atoms with Crippen LogP contribution in [0.2, 0.25) is 0 Å². The maximum atomic E-state index is 10.3. The third kappa shape index (κ3) is 17.9. The van der Waals surface area contributed by atoms with E-state index in [1.165, 1.54) is 82.8 Å². The van der Waals surface area contributed by atoms with Crippen molar-refractivity contribution in [3.8, 4) is 0 Å². The first-order chi connectivity index (χ1) is 10.7. The SMILES string of the molecule is CCCCCCCCCCCCCC[S+](C)CCCC(=O)[O-]. The third-order valence-electron chi connectivity index (χ3n) is 4.22. The van der Waals surface area contributed by atoms with Gasteiger partial charge in [-0.25, -0.2) is 0 Å². The van der Waals surface area contributed by atoms with Crippen LogP contribution in [0.4, 0.5) is 0 Å². The molecule has 0 rings (SSSR count). The Labute approximate surface area is 141 Å². The number of aliphatic carboxylic acids is 1. The Hall–Kier alpha value is -0.180. The molecule has 0 N–H and O–H groups in total. The van der Waals surface area contributed by atoms with Gasteiger partial charge < -0.3 is 9.90 Å². The standard InChI is InChI=1S/C19H38O2S/c1-3-4-5-6-7-8-9-10-11-12-13-14-17-22(2)18-15-16-19(20)21/h3-18H2,1-2H3. The number of carboxylic acid groups (broad SMARTS) is 1. The Balaban J connectivity index is 3.11. The van der Waals surface area contributed by atoms with Gasteiger partial charge in [-0.15, -0.1) is 0 Å². The average molecular weight is 331 g/mol. The number of rotatable bonds is 17. The van der Waals surface area contributed by atoms with Crippen LogP contribution in [0.25, 0.3) is 0 Å². The molecule has 1 atom stereocenters. The molecular weight excluding hydrogens is 292 g/mol. The lowest BCUT2D eigenvalue weighted by molar-refractivity contribution is -0.305. The summed E-state index contributed by atoms with van der Waals surface area (Å²) < 4.78 is 0. The molecule has 0 saturated carbocycles. The predicted octanol–water partition coefficient (Wildman–Crippen LogP) is 4.47. The predicted molar refractivity (Wildman–Crippen MR) is 98.3 cm³/mol. The first kappa shape index (κ1) is 21.8. The van der Waals surface area contributed by atoms with E-state index >= 15 is 0 Å². The Morgan fingerprint density at radius 2 is 1.14 bits per heavy atom. The summed E-state index contributed by atoms with van der Waals surface area (Å²) in [5, 5.41) is 10.3. The van der Waals surface area contributed by atoms with Crippen molar-refractivity contribution >= 4 is 16.9 Å². The zero-order chi connectivity index (χ0) is 16.5. The molecule has 2 nitrogen and oxygen atoms in total. The second-order valence-corrected chi connectivity index (χ2v) is 8.93. The second kappa shape index (κ2) is 17.2. The molecule has 0 aliphatic carbocycles. The molecule has 0 amide bonds. The number of hydrogen-bond acceptors (Lipinski definition) is 2. The van der Waals surface area contributed by atoms with Gasteiger partial charge in [0.05, 0.1) is 6.26 Å². The highest BCUT2D eigenvalue weighted by molar-refractivity contribution is 7.96. The van der Waals surface area contributed by atoms with Gasteiger partial charge in [0, 0.05) is 5.97 Å². The molecule has 0 bridgehead atoms. The van der Waals surface area contributed by atoms with Gasteiger partial charge in [0.25, 0.3) is 0 Å². The maximum Gasteiger partial charge on any atom is 0.108 e. The quantitative estimate of drug-likeness (QED) is 0.292. The largest absolute Gasteiger partial charge is 0.550 e. The van der Waals surface area contributed by atoms with E-state index < -0.39 is 5.97 Å². The van der Waals surface area contributed by atoms with Gasteiger partial charge in [0.2, 0.25) is 0 Å². The summed E-state index contributed by atoms with van der Waals surface area (Å²) in [4.78, 5) is 10.3. The van der Waals surface area contributed by atoms with Gasteiger partial charge >= 0.3 is 0 Å². The van der Waals surface area contributed by atoms with E-state index in [0.29, 0.717) is 10.9 Å². The van der Waals surface area contributed by atoms with Crippen LogP contribution in [0.1, 0.15) is 96.8 Å². The zero-order valence-electron chi connectivity index (χ0n) is 15.0. The number of carbonyl (C=O) groups is 1. The highest BCUT2D eigenvalue weighted by atomic mass is 32.2. The molecule has 3 heteroatoms. The van der Waals surface area contributed by atoms with Crippen LogP contribution in [0.5, 0.6) is 0 Å². The summed E-state index contributed by atoms with van der Waals surface area (Å²) >= 11 is 0. The van der Waals surface area contributed by atoms with Crippen molar-refractivity contribution in [3.63, 3.8) is 0 Å². The summed E-state index contributed by atoms with van der Waals surface area (Å²) in [6.07, 6.45) is 20.1. The van der Waals surface area contributed by atoms with Gasteiger partial charge in [-0.2, -0.15) is 0 Å². The summed E-state index contributed by atoms with van der Waals surface area (Å²) in [7, 11) is 0.408. The zero-order valence-corrected chi connectivity index (χ0v) is 15.9. The fourth-order valence-electron chi connectivity index (χ4n) is 2.75. The van der Waals surface area contributed by atoms with Crippen molar-refractivity contribution in [2.75, 3.05) is 17.8 Å². The van der Waals surface area contributed by atoms with Gasteiger partial charge in [0.1, 0.15) is 11.5 Å². The molecule has 0 aromatic heterocycles. The van der Waals surface area contributed by atoms with E-state index in [1.54, 1.807) is 0 Å². The molecule has 0 fully saturated rings. The van der Waals surface area contributed by atoms with Crippen LogP contribution in [-0.2, 0) is 15.7 Å². The summed E-state index contributed by atoms with van der Waals surface area (Å²) in [6.45, 7) is 2.27. The molecular formula is C19H38O2S. The van der Waals surface area contributed by atoms with Crippen molar-refractivity contribution < 1.29 is 9.90 Å². The number of carbonyl (C=O) groups excluding carboxylic acids is 1. The smallest absolute Gasteiger partial charge is 0.108 e. The maximum absolute atomic E-state index is 10.3. The first-order valence-electron chi connectivity index (χ1n) is 9.45. The van der Waals surface area contributed by atoms with Gasteiger partial charge in [-0.1, -0.05) is 71.1 Å². The number of unbranched alkanes of at least 4 members (excludes halogenated alkanes) is 11. The number of hydrogen-bond donors (Lipinski definition) is 0. The van der Waals surface area contributed by atoms with E-state index in [9.17, 15) is 9.90 Å². The van der Waals surface area contributed by atoms with Crippen molar-refractivity contribution in [2.24, 2.45) is 0 Å². The Morgan fingerprint density at radius 3 is 1.59 bits per heavy atom. The van der Waals surface area contributed by atoms with Crippen LogP contribution in [0.15, 0.2) is 0 Å². The van der Waals surface area contributed by atoms with Gasteiger partial charge in [0.15, 0.2) is 0 Å². The van der Waals surface area contributed by atoms with Gasteiger partial charge in [-0.05, 0) is 36.6 Å². The average Bonchev–Trinajstić information content (AvgIpc) is 2.48. The lowest BCUT2D eigenvalue weighted by atomic mass is 10.1. The van der Waals surface area contributed by atoms with E-state index in [0.717, 1.165) is 12.2 Å². The topological polar surface area (TPSA) is 40.1 Å². The highest BCUT2D eigenvalue weighted by Gasteiger charge is 2.09. The molecule has 0 heterocycles. The van der Waals surface area contributed by atoms with Crippen molar-refractivity contribution in [1.82, 2.24) is 0 Å². The Kier molecular flexibility index (Phi) is 17.0. The van der Waals surface area contributed by atoms with Gasteiger partial charge in [-0.3, -0.25) is 0 Å². The van der Waals surface area contributed by atoms with E-state index in [-0.39, 0.29) is 6.42 Å². The lowest BCUT2D eigenvalue weighted by Gasteiger charge is -2.05. The Morgan fingerprint density at radius 1 is 0.727 bits per heavy atom. The molecule has 132 valence electrons. The lowest BCUT2D eigenvalue weighted by Crippen LogP contribution is -2.23. The summed E-state index contributed by atoms with van der Waals surface area (Å²) in [5.74, 6) is 1.44. The summed E-state index contributed by atoms with van der Waals surface area (Å²) in [5.41, 5.74) is 0. The minimum Gasteiger partial charge on any atom is -0.550 e. The van der Waals surface area contributed by atoms with Crippen LogP contribution < -0.4 is 5.11 Å². The molecule has 0 aromatic rings. The van der Waals surface area contributed by atoms with E-state index in [4.69, 9.17) is 0 Å². The molecule has 0 aliphatic rings. The minimum atomic E-state index is -0.901. The highest BCUT2D eigenvalue weighted by Crippen LogP contribution is 2.12. The third-order valence-corrected chi connectivity index (χ3v) is 6.19. The van der Waals surface area contributed by atoms with Crippen molar-refractivity contribution in [2.45, 2.75) is 96.8 Å². The molecule has 0 spiro atoms. The molecule has 0 aromatic carbocycles. The molecule has 1 unspecified atom stereocenters. The fourth-order valence-corrected chi connectivity index (χ4v) is 4.29. The van der Waals surface area contributed by atoms with E-state index in [1.807, 2.05) is 0 Å². The molecule has 0 aliphatic heterocycles. The van der Waals surface area contributed by atoms with Crippen LogP contribution in [-0.4, -0.2) is 23.7 Å². The minimum absolute atomic E-state index is 0.232. The second-order valence-electron chi connectivity index (χ2n) is 6.55. The first-order valence-corrected chi connectivity index (χ1v) is 11.4. The normalized spacial score (nSPS) is 12.5.